The molecule has 0 aromatic carbocycles. The van der Waals surface area contributed by atoms with E-state index in [1.54, 1.807) is 0 Å². The van der Waals surface area contributed by atoms with Crippen molar-refractivity contribution < 1.29 is 0 Å². The van der Waals surface area contributed by atoms with Gasteiger partial charge in [0.2, 0.25) is 0 Å². The standard InChI is InChI=1S/C13H15N5/c1-2-8-17(9-3-1)12-7-6-11-14-15-13(10-4-5-10)18(11)16-12/h1-2,6-7,10H,3-5,8-9H2. The van der Waals surface area contributed by atoms with Crippen molar-refractivity contribution in [3.8, 4) is 0 Å². The molecule has 0 atom stereocenters. The van der Waals surface area contributed by atoms with Crippen LogP contribution in [0.2, 0.25) is 0 Å². The fraction of sp³-hybridized carbons (Fsp3) is 0.462. The molecule has 5 heteroatoms. The van der Waals surface area contributed by atoms with E-state index in [-0.39, 0.29) is 0 Å². The lowest BCUT2D eigenvalue weighted by atomic mass is 10.2. The van der Waals surface area contributed by atoms with Crippen molar-refractivity contribution in [3.63, 3.8) is 0 Å². The van der Waals surface area contributed by atoms with Gasteiger partial charge in [-0.2, -0.15) is 4.52 Å². The number of aromatic nitrogens is 4. The van der Waals surface area contributed by atoms with Gasteiger partial charge in [0.15, 0.2) is 11.5 Å². The first-order valence-corrected chi connectivity index (χ1v) is 6.54. The van der Waals surface area contributed by atoms with Crippen LogP contribution in [0.3, 0.4) is 0 Å². The Kier molecular flexibility index (Phi) is 2.12. The summed E-state index contributed by atoms with van der Waals surface area (Å²) in [6.07, 6.45) is 7.96. The van der Waals surface area contributed by atoms with Gasteiger partial charge in [-0.1, -0.05) is 12.2 Å². The Morgan fingerprint density at radius 3 is 2.83 bits per heavy atom. The summed E-state index contributed by atoms with van der Waals surface area (Å²) < 4.78 is 1.92. The van der Waals surface area contributed by atoms with Crippen LogP contribution in [0.15, 0.2) is 24.3 Å². The summed E-state index contributed by atoms with van der Waals surface area (Å²) in [4.78, 5) is 2.29. The van der Waals surface area contributed by atoms with Gasteiger partial charge in [-0.05, 0) is 31.4 Å². The Morgan fingerprint density at radius 1 is 1.11 bits per heavy atom. The van der Waals surface area contributed by atoms with Crippen molar-refractivity contribution in [1.29, 1.82) is 0 Å². The molecule has 18 heavy (non-hydrogen) atoms. The predicted molar refractivity (Wildman–Crippen MR) is 68.7 cm³/mol. The van der Waals surface area contributed by atoms with Crippen LogP contribution in [0.25, 0.3) is 5.65 Å². The first kappa shape index (κ1) is 10.1. The van der Waals surface area contributed by atoms with Crippen molar-refractivity contribution in [2.75, 3.05) is 18.0 Å². The van der Waals surface area contributed by atoms with Crippen LogP contribution in [0.1, 0.15) is 31.0 Å². The van der Waals surface area contributed by atoms with Gasteiger partial charge in [-0.25, -0.2) is 0 Å². The third-order valence-electron chi connectivity index (χ3n) is 3.60. The highest BCUT2D eigenvalue weighted by Gasteiger charge is 2.29. The number of fused-ring (bicyclic) bond motifs is 1. The Hall–Kier alpha value is -1.91. The van der Waals surface area contributed by atoms with Crippen LogP contribution in [0.4, 0.5) is 5.82 Å². The second kappa shape index (κ2) is 3.80. The van der Waals surface area contributed by atoms with Crippen LogP contribution >= 0.6 is 0 Å². The van der Waals surface area contributed by atoms with E-state index in [2.05, 4.69) is 27.2 Å². The smallest absolute Gasteiger partial charge is 0.178 e. The summed E-state index contributed by atoms with van der Waals surface area (Å²) in [5, 5.41) is 13.1. The van der Waals surface area contributed by atoms with E-state index >= 15 is 0 Å². The van der Waals surface area contributed by atoms with Gasteiger partial charge in [0.05, 0.1) is 0 Å². The molecule has 4 rings (SSSR count). The quantitative estimate of drug-likeness (QED) is 0.752. The number of hydrogen-bond donors (Lipinski definition) is 0. The Bertz CT molecular complexity index is 611. The molecular weight excluding hydrogens is 226 g/mol. The number of nitrogens with zero attached hydrogens (tertiary/aromatic N) is 5. The topological polar surface area (TPSA) is 46.3 Å². The second-order valence-corrected chi connectivity index (χ2v) is 5.00. The molecule has 0 unspecified atom stereocenters. The first-order valence-electron chi connectivity index (χ1n) is 6.54. The Morgan fingerprint density at radius 2 is 2.06 bits per heavy atom. The molecule has 92 valence electrons. The largest absolute Gasteiger partial charge is 0.351 e. The Balaban J connectivity index is 1.77. The fourth-order valence-corrected chi connectivity index (χ4v) is 2.41. The second-order valence-electron chi connectivity index (χ2n) is 5.00. The SMILES string of the molecule is C1=CCN(c2ccc3nnc(C4CC4)n3n2)CC1. The van der Waals surface area contributed by atoms with Crippen LogP contribution in [0.5, 0.6) is 0 Å². The van der Waals surface area contributed by atoms with Crippen molar-refractivity contribution >= 4 is 11.5 Å². The van der Waals surface area contributed by atoms with E-state index in [4.69, 9.17) is 5.10 Å². The highest BCUT2D eigenvalue weighted by molar-refractivity contribution is 5.47. The summed E-state index contributed by atoms with van der Waals surface area (Å²) in [6, 6.07) is 4.05. The van der Waals surface area contributed by atoms with Gasteiger partial charge in [0.25, 0.3) is 0 Å². The van der Waals surface area contributed by atoms with Crippen molar-refractivity contribution in [2.24, 2.45) is 0 Å². The first-order chi connectivity index (χ1) is 8.92. The molecule has 2 aromatic heterocycles. The number of rotatable bonds is 2. The minimum atomic E-state index is 0.573. The Labute approximate surface area is 105 Å². The monoisotopic (exact) mass is 241 g/mol. The van der Waals surface area contributed by atoms with Gasteiger partial charge in [0, 0.05) is 19.0 Å². The molecule has 0 radical (unpaired) electrons. The molecule has 0 bridgehead atoms. The molecule has 1 fully saturated rings. The van der Waals surface area contributed by atoms with Gasteiger partial charge < -0.3 is 4.90 Å². The minimum absolute atomic E-state index is 0.573. The van der Waals surface area contributed by atoms with E-state index in [1.165, 1.54) is 12.8 Å². The molecule has 5 nitrogen and oxygen atoms in total. The van der Waals surface area contributed by atoms with E-state index in [0.717, 1.165) is 36.8 Å². The van der Waals surface area contributed by atoms with Crippen LogP contribution in [-0.2, 0) is 0 Å². The van der Waals surface area contributed by atoms with Gasteiger partial charge in [-0.15, -0.1) is 15.3 Å². The zero-order chi connectivity index (χ0) is 11.9. The lowest BCUT2D eigenvalue weighted by molar-refractivity contribution is 0.758. The molecule has 0 spiro atoms. The summed E-state index contributed by atoms with van der Waals surface area (Å²) in [5.74, 6) is 2.62. The highest BCUT2D eigenvalue weighted by atomic mass is 15.4. The van der Waals surface area contributed by atoms with E-state index in [1.807, 2.05) is 16.6 Å². The molecule has 3 heterocycles. The molecule has 2 aliphatic rings. The molecule has 1 aliphatic carbocycles. The summed E-state index contributed by atoms with van der Waals surface area (Å²) in [7, 11) is 0. The average molecular weight is 241 g/mol. The third-order valence-corrected chi connectivity index (χ3v) is 3.60. The van der Waals surface area contributed by atoms with Gasteiger partial charge in [0.1, 0.15) is 5.82 Å². The summed E-state index contributed by atoms with van der Waals surface area (Å²) >= 11 is 0. The lowest BCUT2D eigenvalue weighted by Crippen LogP contribution is -2.28. The fourth-order valence-electron chi connectivity index (χ4n) is 2.41. The number of hydrogen-bond acceptors (Lipinski definition) is 4. The maximum Gasteiger partial charge on any atom is 0.178 e. The normalized spacial score (nSPS) is 19.7. The molecule has 1 saturated carbocycles. The van der Waals surface area contributed by atoms with Crippen LogP contribution < -0.4 is 4.90 Å². The predicted octanol–water partition coefficient (Wildman–Crippen LogP) is 1.77. The van der Waals surface area contributed by atoms with E-state index in [9.17, 15) is 0 Å². The van der Waals surface area contributed by atoms with Crippen molar-refractivity contribution in [1.82, 2.24) is 19.8 Å². The molecule has 0 N–H and O–H groups in total. The molecule has 0 amide bonds. The highest BCUT2D eigenvalue weighted by Crippen LogP contribution is 2.38. The molecule has 2 aromatic rings. The van der Waals surface area contributed by atoms with Gasteiger partial charge >= 0.3 is 0 Å². The summed E-state index contributed by atoms with van der Waals surface area (Å²) in [5.41, 5.74) is 0.855. The molecular formula is C13H15N5. The molecule has 1 aliphatic heterocycles. The average Bonchev–Trinajstić information content (AvgIpc) is 3.19. The third kappa shape index (κ3) is 1.58. The van der Waals surface area contributed by atoms with Crippen molar-refractivity contribution in [3.05, 3.63) is 30.1 Å². The maximum absolute atomic E-state index is 4.70. The van der Waals surface area contributed by atoms with E-state index < -0.39 is 0 Å². The zero-order valence-electron chi connectivity index (χ0n) is 10.2. The zero-order valence-corrected chi connectivity index (χ0v) is 10.2. The van der Waals surface area contributed by atoms with Crippen LogP contribution in [-0.4, -0.2) is 32.9 Å². The molecule has 0 saturated heterocycles. The van der Waals surface area contributed by atoms with Gasteiger partial charge in [-0.3, -0.25) is 0 Å². The lowest BCUT2D eigenvalue weighted by Gasteiger charge is -2.24. The van der Waals surface area contributed by atoms with E-state index in [0.29, 0.717) is 5.92 Å². The summed E-state index contributed by atoms with van der Waals surface area (Å²) in [6.45, 7) is 1.98. The minimum Gasteiger partial charge on any atom is -0.351 e. The maximum atomic E-state index is 4.70. The van der Waals surface area contributed by atoms with Crippen LogP contribution in [0, 0.1) is 0 Å². The van der Waals surface area contributed by atoms with Crippen molar-refractivity contribution in [2.45, 2.75) is 25.2 Å². The number of anilines is 1.